The van der Waals surface area contributed by atoms with E-state index in [2.05, 4.69) is 28.9 Å². The molecule has 128 valence electrons. The number of urea groups is 1. The zero-order valence-electron chi connectivity index (χ0n) is 14.1. The second kappa shape index (κ2) is 9.04. The first-order valence-corrected chi connectivity index (χ1v) is 9.37. The van der Waals surface area contributed by atoms with Crippen LogP contribution in [0.5, 0.6) is 0 Å². The Morgan fingerprint density at radius 2 is 1.56 bits per heavy atom. The van der Waals surface area contributed by atoms with Gasteiger partial charge in [-0.3, -0.25) is 0 Å². The molecule has 1 aromatic heterocycles. The van der Waals surface area contributed by atoms with Gasteiger partial charge in [-0.25, -0.2) is 4.79 Å². The smallest absolute Gasteiger partial charge is 0.317 e. The summed E-state index contributed by atoms with van der Waals surface area (Å²) in [5, 5.41) is 7.18. The number of carbonyl (C=O) groups excluding carboxylic acids is 1. The maximum absolute atomic E-state index is 12.7. The lowest BCUT2D eigenvalue weighted by atomic mass is 10.1. The molecule has 0 unspecified atom stereocenters. The normalized spacial score (nSPS) is 10.4. The molecule has 0 fully saturated rings. The molecule has 2 amide bonds. The largest absolute Gasteiger partial charge is 0.334 e. The van der Waals surface area contributed by atoms with E-state index in [1.54, 1.807) is 11.3 Å². The van der Waals surface area contributed by atoms with Crippen molar-refractivity contribution in [1.29, 1.82) is 0 Å². The molecule has 0 atom stereocenters. The Bertz CT molecular complexity index is 757. The first kappa shape index (κ1) is 17.2. The van der Waals surface area contributed by atoms with Crippen LogP contribution in [0.15, 0.2) is 77.5 Å². The molecule has 1 heterocycles. The van der Waals surface area contributed by atoms with Crippen LogP contribution >= 0.6 is 11.3 Å². The van der Waals surface area contributed by atoms with Gasteiger partial charge in [0.15, 0.2) is 0 Å². The first-order chi connectivity index (χ1) is 12.3. The lowest BCUT2D eigenvalue weighted by Crippen LogP contribution is -2.40. The van der Waals surface area contributed by atoms with E-state index >= 15 is 0 Å². The fourth-order valence-corrected chi connectivity index (χ4v) is 3.31. The van der Waals surface area contributed by atoms with Crippen molar-refractivity contribution in [3.63, 3.8) is 0 Å². The summed E-state index contributed by atoms with van der Waals surface area (Å²) >= 11 is 1.66. The summed E-state index contributed by atoms with van der Waals surface area (Å²) in [6.45, 7) is 1.88. The van der Waals surface area contributed by atoms with Crippen LogP contribution in [0.3, 0.4) is 0 Å². The number of hydrogen-bond acceptors (Lipinski definition) is 2. The Kier molecular flexibility index (Phi) is 6.23. The van der Waals surface area contributed by atoms with Crippen molar-refractivity contribution in [2.24, 2.45) is 0 Å². The second-order valence-electron chi connectivity index (χ2n) is 5.93. The minimum Gasteiger partial charge on any atom is -0.334 e. The van der Waals surface area contributed by atoms with Gasteiger partial charge in [-0.2, -0.15) is 11.3 Å². The summed E-state index contributed by atoms with van der Waals surface area (Å²) in [4.78, 5) is 14.6. The number of benzene rings is 2. The molecule has 4 heteroatoms. The molecule has 0 saturated carbocycles. The van der Waals surface area contributed by atoms with Crippen LogP contribution < -0.4 is 5.32 Å². The Morgan fingerprint density at radius 3 is 2.20 bits per heavy atom. The van der Waals surface area contributed by atoms with E-state index in [4.69, 9.17) is 0 Å². The van der Waals surface area contributed by atoms with Gasteiger partial charge in [-0.05, 0) is 39.9 Å². The lowest BCUT2D eigenvalue weighted by Gasteiger charge is -2.23. The van der Waals surface area contributed by atoms with Gasteiger partial charge in [0.05, 0.1) is 0 Å². The SMILES string of the molecule is O=C(NCc1ccccc1)N(CCc1ccccc1)Cc1ccsc1. The van der Waals surface area contributed by atoms with E-state index < -0.39 is 0 Å². The number of thiophene rings is 1. The van der Waals surface area contributed by atoms with Crippen LogP contribution in [0.1, 0.15) is 16.7 Å². The van der Waals surface area contributed by atoms with Gasteiger partial charge in [0.1, 0.15) is 0 Å². The lowest BCUT2D eigenvalue weighted by molar-refractivity contribution is 0.195. The zero-order chi connectivity index (χ0) is 17.3. The number of rotatable bonds is 7. The third-order valence-corrected chi connectivity index (χ3v) is 4.77. The van der Waals surface area contributed by atoms with Gasteiger partial charge in [0, 0.05) is 19.6 Å². The Hall–Kier alpha value is -2.59. The Balaban J connectivity index is 1.61. The number of amides is 2. The zero-order valence-corrected chi connectivity index (χ0v) is 14.9. The van der Waals surface area contributed by atoms with E-state index in [1.165, 1.54) is 11.1 Å². The minimum absolute atomic E-state index is 0.0222. The van der Waals surface area contributed by atoms with E-state index in [9.17, 15) is 4.79 Å². The van der Waals surface area contributed by atoms with Crippen molar-refractivity contribution in [3.05, 3.63) is 94.2 Å². The van der Waals surface area contributed by atoms with Crippen LogP contribution in [0, 0.1) is 0 Å². The average molecular weight is 350 g/mol. The van der Waals surface area contributed by atoms with Gasteiger partial charge in [0.25, 0.3) is 0 Å². The van der Waals surface area contributed by atoms with Crippen molar-refractivity contribution in [2.45, 2.75) is 19.5 Å². The highest BCUT2D eigenvalue weighted by Gasteiger charge is 2.14. The van der Waals surface area contributed by atoms with Crippen molar-refractivity contribution < 1.29 is 4.79 Å². The van der Waals surface area contributed by atoms with E-state index in [-0.39, 0.29) is 6.03 Å². The molecular weight excluding hydrogens is 328 g/mol. The van der Waals surface area contributed by atoms with Crippen LogP contribution in [-0.4, -0.2) is 17.5 Å². The van der Waals surface area contributed by atoms with Gasteiger partial charge in [-0.15, -0.1) is 0 Å². The molecule has 0 saturated heterocycles. The standard InChI is InChI=1S/C21H22N2OS/c24-21(22-15-19-9-5-2-6-10-19)23(16-20-12-14-25-17-20)13-11-18-7-3-1-4-8-18/h1-10,12,14,17H,11,13,15-16H2,(H,22,24). The highest BCUT2D eigenvalue weighted by molar-refractivity contribution is 7.07. The quantitative estimate of drug-likeness (QED) is 0.658. The monoisotopic (exact) mass is 350 g/mol. The molecule has 0 aliphatic heterocycles. The van der Waals surface area contributed by atoms with E-state index in [0.717, 1.165) is 12.0 Å². The highest BCUT2D eigenvalue weighted by atomic mass is 32.1. The average Bonchev–Trinajstić information content (AvgIpc) is 3.18. The molecule has 0 aliphatic carbocycles. The Labute approximate surface area is 152 Å². The molecule has 0 spiro atoms. The van der Waals surface area contributed by atoms with Crippen molar-refractivity contribution >= 4 is 17.4 Å². The summed E-state index contributed by atoms with van der Waals surface area (Å²) in [5.74, 6) is 0. The predicted molar refractivity (Wildman–Crippen MR) is 104 cm³/mol. The number of nitrogens with one attached hydrogen (secondary N) is 1. The van der Waals surface area contributed by atoms with Crippen molar-refractivity contribution in [1.82, 2.24) is 10.2 Å². The molecule has 0 bridgehead atoms. The van der Waals surface area contributed by atoms with Crippen molar-refractivity contribution in [3.8, 4) is 0 Å². The molecule has 2 aromatic carbocycles. The number of hydrogen-bond donors (Lipinski definition) is 1. The third kappa shape index (κ3) is 5.47. The number of carbonyl (C=O) groups is 1. The molecule has 0 radical (unpaired) electrons. The number of nitrogens with zero attached hydrogens (tertiary/aromatic N) is 1. The Morgan fingerprint density at radius 1 is 0.880 bits per heavy atom. The molecule has 3 aromatic rings. The fourth-order valence-electron chi connectivity index (χ4n) is 2.65. The van der Waals surface area contributed by atoms with Gasteiger partial charge in [0.2, 0.25) is 0 Å². The van der Waals surface area contributed by atoms with Gasteiger partial charge < -0.3 is 10.2 Å². The summed E-state index contributed by atoms with van der Waals surface area (Å²) in [5.41, 5.74) is 3.52. The summed E-state index contributed by atoms with van der Waals surface area (Å²) in [7, 11) is 0. The predicted octanol–water partition coefficient (Wildman–Crippen LogP) is 4.70. The van der Waals surface area contributed by atoms with Gasteiger partial charge >= 0.3 is 6.03 Å². The van der Waals surface area contributed by atoms with Crippen LogP contribution in [0.25, 0.3) is 0 Å². The van der Waals surface area contributed by atoms with E-state index in [0.29, 0.717) is 19.6 Å². The highest BCUT2D eigenvalue weighted by Crippen LogP contribution is 2.11. The molecule has 3 nitrogen and oxygen atoms in total. The van der Waals surface area contributed by atoms with Gasteiger partial charge in [-0.1, -0.05) is 60.7 Å². The van der Waals surface area contributed by atoms with Crippen LogP contribution in [0.2, 0.25) is 0 Å². The van der Waals surface area contributed by atoms with Crippen molar-refractivity contribution in [2.75, 3.05) is 6.54 Å². The van der Waals surface area contributed by atoms with E-state index in [1.807, 2.05) is 58.8 Å². The molecule has 3 rings (SSSR count). The summed E-state index contributed by atoms with van der Waals surface area (Å²) in [6, 6.07) is 22.3. The summed E-state index contributed by atoms with van der Waals surface area (Å²) < 4.78 is 0. The third-order valence-electron chi connectivity index (χ3n) is 4.04. The minimum atomic E-state index is -0.0222. The van der Waals surface area contributed by atoms with Crippen LogP contribution in [0.4, 0.5) is 4.79 Å². The molecule has 0 aliphatic rings. The molecule has 25 heavy (non-hydrogen) atoms. The molecular formula is C21H22N2OS. The van der Waals surface area contributed by atoms with Crippen LogP contribution in [-0.2, 0) is 19.5 Å². The maximum Gasteiger partial charge on any atom is 0.317 e. The second-order valence-corrected chi connectivity index (χ2v) is 6.71. The molecule has 1 N–H and O–H groups in total. The summed E-state index contributed by atoms with van der Waals surface area (Å²) in [6.07, 6.45) is 0.851. The fraction of sp³-hybridized carbons (Fsp3) is 0.190. The topological polar surface area (TPSA) is 32.3 Å². The first-order valence-electron chi connectivity index (χ1n) is 8.43. The maximum atomic E-state index is 12.7.